The van der Waals surface area contributed by atoms with Gasteiger partial charge in [0.1, 0.15) is 11.8 Å². The van der Waals surface area contributed by atoms with Crippen LogP contribution in [0.2, 0.25) is 0 Å². The van der Waals surface area contributed by atoms with E-state index >= 15 is 0 Å². The normalized spacial score (nSPS) is 14.4. The number of amides is 3. The van der Waals surface area contributed by atoms with Gasteiger partial charge in [-0.2, -0.15) is 13.2 Å². The molecule has 3 amide bonds. The van der Waals surface area contributed by atoms with Gasteiger partial charge in [0, 0.05) is 49.4 Å². The number of hydrogen-bond acceptors (Lipinski definition) is 11. The fourth-order valence-electron chi connectivity index (χ4n) is 6.09. The van der Waals surface area contributed by atoms with Crippen molar-refractivity contribution in [1.82, 2.24) is 15.3 Å². The number of ether oxygens (including phenoxy) is 3. The number of alkyl halides is 3. The number of rotatable bonds is 19. The predicted octanol–water partition coefficient (Wildman–Crippen LogP) is 4.28. The number of carbonyl (C=O) groups excluding carboxylic acids is 5. The van der Waals surface area contributed by atoms with Gasteiger partial charge >= 0.3 is 18.1 Å². The number of methoxy groups -OCH3 is 1. The first kappa shape index (κ1) is 43.5. The van der Waals surface area contributed by atoms with Crippen LogP contribution < -0.4 is 26.8 Å². The summed E-state index contributed by atoms with van der Waals surface area (Å²) in [5.74, 6) is -5.49. The Morgan fingerprint density at radius 3 is 2.30 bits per heavy atom. The number of carbonyl (C=O) groups is 5. The molecule has 3 aromatic rings. The summed E-state index contributed by atoms with van der Waals surface area (Å²) in [6.07, 6.45) is -1.32. The lowest BCUT2D eigenvalue weighted by molar-refractivity contribution is -0.231. The van der Waals surface area contributed by atoms with Crippen molar-refractivity contribution in [3.63, 3.8) is 0 Å². The average Bonchev–Trinajstić information content (AvgIpc) is 3.64. The van der Waals surface area contributed by atoms with E-state index in [1.165, 1.54) is 30.3 Å². The Morgan fingerprint density at radius 1 is 1.00 bits per heavy atom. The maximum atomic E-state index is 13.8. The molecular formula is C38H47F3N6O9. The third kappa shape index (κ3) is 11.9. The number of ketones is 1. The molecule has 1 aliphatic carbocycles. The molecule has 1 fully saturated rings. The first-order valence-corrected chi connectivity index (χ1v) is 18.3. The Hall–Kier alpha value is -5.20. The van der Waals surface area contributed by atoms with Gasteiger partial charge < -0.3 is 30.2 Å². The SMILES string of the molecule is COC(=O)[C@H](CCC(=O)CCCOC1(OCCN)CCCC1)NC(=O)c1ccc(N(Cc2ccc3nc(NC(=O)C(C)C)[nH]c(=O)c3c2)C(=O)C(F)(F)F)cc1. The number of H-pyrrole nitrogens is 1. The molecular weight excluding hydrogens is 741 g/mol. The van der Waals surface area contributed by atoms with Crippen molar-refractivity contribution in [2.24, 2.45) is 11.7 Å². The topological polar surface area (TPSA) is 212 Å². The Labute approximate surface area is 320 Å². The van der Waals surface area contributed by atoms with Crippen molar-refractivity contribution >= 4 is 52.0 Å². The van der Waals surface area contributed by atoms with E-state index < -0.39 is 53.8 Å². The van der Waals surface area contributed by atoms with Crippen LogP contribution in [0.4, 0.5) is 24.8 Å². The highest BCUT2D eigenvalue weighted by Crippen LogP contribution is 2.34. The van der Waals surface area contributed by atoms with E-state index in [1.54, 1.807) is 13.8 Å². The first-order chi connectivity index (χ1) is 26.6. The van der Waals surface area contributed by atoms with Gasteiger partial charge in [-0.25, -0.2) is 9.78 Å². The van der Waals surface area contributed by atoms with E-state index in [0.29, 0.717) is 31.1 Å². The van der Waals surface area contributed by atoms with Crippen LogP contribution in [0.25, 0.3) is 10.9 Å². The molecule has 0 unspecified atom stereocenters. The molecule has 5 N–H and O–H groups in total. The summed E-state index contributed by atoms with van der Waals surface area (Å²) >= 11 is 0. The number of nitrogens with zero attached hydrogens (tertiary/aromatic N) is 2. The van der Waals surface area contributed by atoms with Gasteiger partial charge in [-0.1, -0.05) is 19.9 Å². The molecule has 1 aliphatic rings. The fraction of sp³-hybridized carbons (Fsp3) is 0.500. The summed E-state index contributed by atoms with van der Waals surface area (Å²) in [6, 6.07) is 7.47. The standard InChI is InChI=1S/C38H47F3N6O9/c1-23(2)31(49)45-36-44-29-14-8-24(21-28(29)33(51)46-36)22-47(35(53)38(39,40)41)26-11-9-25(10-12-26)32(50)43-30(34(52)54-3)15-13-27(48)7-6-19-55-37(56-20-18-42)16-4-5-17-37/h8-12,14,21,23,30H,4-7,13,15-20,22,42H2,1-3H3,(H,43,50)(H2,44,45,46,49,51)/t30-/m0/s1. The van der Waals surface area contributed by atoms with Gasteiger partial charge in [-0.15, -0.1) is 0 Å². The molecule has 1 saturated carbocycles. The zero-order valence-corrected chi connectivity index (χ0v) is 31.5. The lowest BCUT2D eigenvalue weighted by atomic mass is 10.0. The smallest absolute Gasteiger partial charge is 0.467 e. The molecule has 0 saturated heterocycles. The van der Waals surface area contributed by atoms with Gasteiger partial charge in [0.15, 0.2) is 5.79 Å². The Bertz CT molecular complexity index is 1930. The molecule has 2 aromatic carbocycles. The Kier molecular flexibility index (Phi) is 15.2. The molecule has 18 heteroatoms. The summed E-state index contributed by atoms with van der Waals surface area (Å²) in [5.41, 5.74) is 4.94. The summed E-state index contributed by atoms with van der Waals surface area (Å²) in [4.78, 5) is 82.8. The molecule has 1 heterocycles. The number of nitrogens with two attached hydrogens (primary N) is 1. The molecule has 4 rings (SSSR count). The summed E-state index contributed by atoms with van der Waals surface area (Å²) in [7, 11) is 1.13. The maximum absolute atomic E-state index is 13.8. The van der Waals surface area contributed by atoms with Crippen LogP contribution >= 0.6 is 0 Å². The zero-order valence-electron chi connectivity index (χ0n) is 31.5. The number of esters is 1. The Balaban J connectivity index is 1.40. The second-order valence-corrected chi connectivity index (χ2v) is 13.7. The highest BCUT2D eigenvalue weighted by atomic mass is 19.4. The summed E-state index contributed by atoms with van der Waals surface area (Å²) < 4.78 is 57.9. The monoisotopic (exact) mass is 788 g/mol. The second kappa shape index (κ2) is 19.6. The van der Waals surface area contributed by atoms with E-state index in [9.17, 15) is 41.9 Å². The van der Waals surface area contributed by atoms with Crippen molar-refractivity contribution < 1.29 is 51.4 Å². The lowest BCUT2D eigenvalue weighted by Gasteiger charge is -2.29. The van der Waals surface area contributed by atoms with E-state index in [0.717, 1.165) is 44.9 Å². The molecule has 1 aromatic heterocycles. The van der Waals surface area contributed by atoms with Crippen LogP contribution in [0.3, 0.4) is 0 Å². The van der Waals surface area contributed by atoms with Crippen molar-refractivity contribution in [3.8, 4) is 0 Å². The number of halogens is 3. The predicted molar refractivity (Wildman–Crippen MR) is 198 cm³/mol. The Morgan fingerprint density at radius 2 is 1.68 bits per heavy atom. The minimum atomic E-state index is -5.27. The van der Waals surface area contributed by atoms with Crippen molar-refractivity contribution in [2.45, 2.75) is 89.8 Å². The number of nitrogens with one attached hydrogen (secondary N) is 3. The van der Waals surface area contributed by atoms with Crippen LogP contribution in [-0.4, -0.2) is 84.3 Å². The molecule has 0 radical (unpaired) electrons. The van der Waals surface area contributed by atoms with E-state index in [-0.39, 0.29) is 64.6 Å². The van der Waals surface area contributed by atoms with Crippen molar-refractivity contribution in [2.75, 3.05) is 37.1 Å². The van der Waals surface area contributed by atoms with Crippen molar-refractivity contribution in [1.29, 1.82) is 0 Å². The maximum Gasteiger partial charge on any atom is 0.471 e. The molecule has 15 nitrogen and oxygen atoms in total. The van der Waals surface area contributed by atoms with E-state index in [4.69, 9.17) is 19.9 Å². The number of aromatic nitrogens is 2. The van der Waals surface area contributed by atoms with Crippen molar-refractivity contribution in [3.05, 3.63) is 63.9 Å². The van der Waals surface area contributed by atoms with Crippen LogP contribution in [0, 0.1) is 5.92 Å². The van der Waals surface area contributed by atoms with Crippen LogP contribution in [0.15, 0.2) is 47.3 Å². The summed E-state index contributed by atoms with van der Waals surface area (Å²) in [5, 5.41) is 4.99. The number of anilines is 2. The molecule has 0 spiro atoms. The van der Waals surface area contributed by atoms with Gasteiger partial charge in [-0.05, 0) is 67.6 Å². The largest absolute Gasteiger partial charge is 0.471 e. The van der Waals surface area contributed by atoms with Gasteiger partial charge in [-0.3, -0.25) is 34.3 Å². The lowest BCUT2D eigenvalue weighted by Crippen LogP contribution is -2.42. The quantitative estimate of drug-likeness (QED) is 0.0765. The highest BCUT2D eigenvalue weighted by Gasteiger charge is 2.43. The van der Waals surface area contributed by atoms with Gasteiger partial charge in [0.2, 0.25) is 11.9 Å². The van der Waals surface area contributed by atoms with E-state index in [2.05, 4.69) is 20.6 Å². The molecule has 56 heavy (non-hydrogen) atoms. The highest BCUT2D eigenvalue weighted by molar-refractivity contribution is 6.00. The molecule has 304 valence electrons. The van der Waals surface area contributed by atoms with Crippen LogP contribution in [0.1, 0.15) is 81.1 Å². The third-order valence-corrected chi connectivity index (χ3v) is 9.12. The number of benzene rings is 2. The summed E-state index contributed by atoms with van der Waals surface area (Å²) in [6.45, 7) is 3.73. The molecule has 0 aliphatic heterocycles. The number of aromatic amines is 1. The van der Waals surface area contributed by atoms with Crippen LogP contribution in [-0.2, 0) is 39.9 Å². The zero-order chi connectivity index (χ0) is 41.0. The fourth-order valence-corrected chi connectivity index (χ4v) is 6.09. The van der Waals surface area contributed by atoms with Gasteiger partial charge in [0.05, 0.1) is 37.8 Å². The van der Waals surface area contributed by atoms with E-state index in [1.807, 2.05) is 0 Å². The number of fused-ring (bicyclic) bond motifs is 1. The number of Topliss-reactive ketones (excluding diaryl/α,β-unsaturated/α-hetero) is 1. The molecule has 1 atom stereocenters. The minimum absolute atomic E-state index is 0.00809. The minimum Gasteiger partial charge on any atom is -0.467 e. The average molecular weight is 789 g/mol. The number of hydrogen-bond donors (Lipinski definition) is 4. The molecule has 0 bridgehead atoms. The first-order valence-electron chi connectivity index (χ1n) is 18.3. The van der Waals surface area contributed by atoms with Gasteiger partial charge in [0.25, 0.3) is 11.5 Å². The third-order valence-electron chi connectivity index (χ3n) is 9.12. The second-order valence-electron chi connectivity index (χ2n) is 13.7. The van der Waals surface area contributed by atoms with Crippen LogP contribution in [0.5, 0.6) is 0 Å².